The number of carbonyl (C=O) groups excluding carboxylic acids is 1. The van der Waals surface area contributed by atoms with E-state index < -0.39 is 0 Å². The first-order chi connectivity index (χ1) is 6.72. The van der Waals surface area contributed by atoms with Gasteiger partial charge in [-0.3, -0.25) is 4.79 Å². The number of benzene rings is 1. The van der Waals surface area contributed by atoms with Gasteiger partial charge in [0.2, 0.25) is 5.91 Å². The summed E-state index contributed by atoms with van der Waals surface area (Å²) in [5.41, 5.74) is 1.22. The van der Waals surface area contributed by atoms with E-state index in [0.29, 0.717) is 13.0 Å². The largest absolute Gasteiger partial charge is 0.356 e. The summed E-state index contributed by atoms with van der Waals surface area (Å²) < 4.78 is 1.23. The summed E-state index contributed by atoms with van der Waals surface area (Å²) in [6.45, 7) is 2.65. The quantitative estimate of drug-likeness (QED) is 0.850. The Morgan fingerprint density at radius 2 is 2.00 bits per heavy atom. The highest BCUT2D eigenvalue weighted by atomic mass is 127. The van der Waals surface area contributed by atoms with Crippen LogP contribution in [0.4, 0.5) is 0 Å². The molecule has 0 heterocycles. The van der Waals surface area contributed by atoms with Crippen LogP contribution in [0.15, 0.2) is 24.3 Å². The molecule has 0 aliphatic carbocycles. The second-order valence-electron chi connectivity index (χ2n) is 3.08. The topological polar surface area (TPSA) is 29.1 Å². The van der Waals surface area contributed by atoms with E-state index in [0.717, 1.165) is 6.42 Å². The molecule has 0 saturated heterocycles. The molecule has 0 aliphatic rings. The standard InChI is InChI=1S/C11H14INO/c1-2-13-11(14)8-5-9-3-6-10(12)7-4-9/h3-4,6-7H,2,5,8H2,1H3,(H,13,14). The third-order valence-electron chi connectivity index (χ3n) is 1.93. The molecule has 0 saturated carbocycles. The third kappa shape index (κ3) is 4.09. The van der Waals surface area contributed by atoms with Gasteiger partial charge in [-0.05, 0) is 53.6 Å². The summed E-state index contributed by atoms with van der Waals surface area (Å²) in [7, 11) is 0. The lowest BCUT2D eigenvalue weighted by Crippen LogP contribution is -2.22. The first-order valence-corrected chi connectivity index (χ1v) is 5.81. The SMILES string of the molecule is CCNC(=O)CCc1ccc(I)cc1. The number of nitrogens with one attached hydrogen (secondary N) is 1. The fraction of sp³-hybridized carbons (Fsp3) is 0.364. The van der Waals surface area contributed by atoms with Crippen molar-refractivity contribution in [2.45, 2.75) is 19.8 Å². The van der Waals surface area contributed by atoms with Crippen LogP contribution in [0.2, 0.25) is 0 Å². The summed E-state index contributed by atoms with van der Waals surface area (Å²) in [5.74, 6) is 0.131. The fourth-order valence-corrected chi connectivity index (χ4v) is 1.55. The summed E-state index contributed by atoms with van der Waals surface area (Å²) in [6.07, 6.45) is 1.40. The van der Waals surface area contributed by atoms with E-state index in [1.54, 1.807) is 0 Å². The molecule has 0 unspecified atom stereocenters. The minimum absolute atomic E-state index is 0.131. The highest BCUT2D eigenvalue weighted by molar-refractivity contribution is 14.1. The number of amides is 1. The van der Waals surface area contributed by atoms with Crippen molar-refractivity contribution in [3.05, 3.63) is 33.4 Å². The van der Waals surface area contributed by atoms with Gasteiger partial charge >= 0.3 is 0 Å². The molecule has 1 rings (SSSR count). The van der Waals surface area contributed by atoms with Gasteiger partial charge in [0.25, 0.3) is 0 Å². The van der Waals surface area contributed by atoms with E-state index in [2.05, 4.69) is 52.2 Å². The van der Waals surface area contributed by atoms with Gasteiger partial charge in [0.05, 0.1) is 0 Å². The molecule has 76 valence electrons. The number of halogens is 1. The van der Waals surface area contributed by atoms with E-state index in [9.17, 15) is 4.79 Å². The molecular weight excluding hydrogens is 289 g/mol. The van der Waals surface area contributed by atoms with Gasteiger partial charge in [-0.15, -0.1) is 0 Å². The zero-order chi connectivity index (χ0) is 10.4. The highest BCUT2D eigenvalue weighted by Gasteiger charge is 1.99. The normalized spacial score (nSPS) is 9.86. The smallest absolute Gasteiger partial charge is 0.220 e. The Kier molecular flexibility index (Phi) is 4.93. The molecule has 0 bridgehead atoms. The Balaban J connectivity index is 2.38. The maximum Gasteiger partial charge on any atom is 0.220 e. The molecule has 0 radical (unpaired) electrons. The minimum Gasteiger partial charge on any atom is -0.356 e. The van der Waals surface area contributed by atoms with Gasteiger partial charge in [-0.25, -0.2) is 0 Å². The molecule has 0 fully saturated rings. The molecular formula is C11H14INO. The van der Waals surface area contributed by atoms with E-state index in [1.165, 1.54) is 9.13 Å². The van der Waals surface area contributed by atoms with Crippen molar-refractivity contribution >= 4 is 28.5 Å². The lowest BCUT2D eigenvalue weighted by Gasteiger charge is -2.02. The number of hydrogen-bond acceptors (Lipinski definition) is 1. The molecule has 2 nitrogen and oxygen atoms in total. The molecule has 1 aromatic rings. The lowest BCUT2D eigenvalue weighted by molar-refractivity contribution is -0.120. The van der Waals surface area contributed by atoms with Crippen molar-refractivity contribution in [2.24, 2.45) is 0 Å². The van der Waals surface area contributed by atoms with E-state index in [4.69, 9.17) is 0 Å². The van der Waals surface area contributed by atoms with Crippen LogP contribution in [0.1, 0.15) is 18.9 Å². The molecule has 14 heavy (non-hydrogen) atoms. The Hall–Kier alpha value is -0.580. The van der Waals surface area contributed by atoms with Crippen molar-refractivity contribution in [3.63, 3.8) is 0 Å². The van der Waals surface area contributed by atoms with Crippen LogP contribution in [-0.2, 0) is 11.2 Å². The van der Waals surface area contributed by atoms with Crippen LogP contribution in [-0.4, -0.2) is 12.5 Å². The highest BCUT2D eigenvalue weighted by Crippen LogP contribution is 2.08. The zero-order valence-electron chi connectivity index (χ0n) is 8.22. The minimum atomic E-state index is 0.131. The van der Waals surface area contributed by atoms with Crippen molar-refractivity contribution in [1.29, 1.82) is 0 Å². The molecule has 0 spiro atoms. The first kappa shape index (κ1) is 11.5. The molecule has 0 aromatic heterocycles. The van der Waals surface area contributed by atoms with Crippen molar-refractivity contribution in [1.82, 2.24) is 5.32 Å². The van der Waals surface area contributed by atoms with E-state index in [1.807, 2.05) is 6.92 Å². The number of aryl methyl sites for hydroxylation is 1. The Labute approximate surface area is 98.2 Å². The second-order valence-corrected chi connectivity index (χ2v) is 4.33. The molecule has 0 atom stereocenters. The van der Waals surface area contributed by atoms with Crippen LogP contribution in [0, 0.1) is 3.57 Å². The van der Waals surface area contributed by atoms with Crippen LogP contribution in [0.25, 0.3) is 0 Å². The first-order valence-electron chi connectivity index (χ1n) is 4.73. The lowest BCUT2D eigenvalue weighted by atomic mass is 10.1. The fourth-order valence-electron chi connectivity index (χ4n) is 1.19. The predicted molar refractivity (Wildman–Crippen MR) is 66.2 cm³/mol. The van der Waals surface area contributed by atoms with Crippen molar-refractivity contribution in [2.75, 3.05) is 6.54 Å². The Morgan fingerprint density at radius 1 is 1.36 bits per heavy atom. The van der Waals surface area contributed by atoms with Gasteiger partial charge in [0.15, 0.2) is 0 Å². The van der Waals surface area contributed by atoms with Gasteiger partial charge in [0.1, 0.15) is 0 Å². The molecule has 1 N–H and O–H groups in total. The summed E-state index contributed by atoms with van der Waals surface area (Å²) in [5, 5.41) is 2.79. The summed E-state index contributed by atoms with van der Waals surface area (Å²) >= 11 is 2.27. The van der Waals surface area contributed by atoms with E-state index in [-0.39, 0.29) is 5.91 Å². The molecule has 1 aromatic carbocycles. The zero-order valence-corrected chi connectivity index (χ0v) is 10.4. The number of carbonyl (C=O) groups is 1. The van der Waals surface area contributed by atoms with Crippen molar-refractivity contribution in [3.8, 4) is 0 Å². The van der Waals surface area contributed by atoms with Crippen molar-refractivity contribution < 1.29 is 4.79 Å². The van der Waals surface area contributed by atoms with Gasteiger partial charge in [-0.1, -0.05) is 12.1 Å². The van der Waals surface area contributed by atoms with E-state index >= 15 is 0 Å². The average Bonchev–Trinajstić information content (AvgIpc) is 2.17. The van der Waals surface area contributed by atoms with Gasteiger partial charge < -0.3 is 5.32 Å². The van der Waals surface area contributed by atoms with Crippen LogP contribution in [0.5, 0.6) is 0 Å². The Morgan fingerprint density at radius 3 is 2.57 bits per heavy atom. The maximum absolute atomic E-state index is 11.2. The predicted octanol–water partition coefficient (Wildman–Crippen LogP) is 2.36. The second kappa shape index (κ2) is 6.01. The maximum atomic E-state index is 11.2. The summed E-state index contributed by atoms with van der Waals surface area (Å²) in [6, 6.07) is 8.27. The average molecular weight is 303 g/mol. The van der Waals surface area contributed by atoms with Crippen LogP contribution in [0.3, 0.4) is 0 Å². The number of rotatable bonds is 4. The Bertz CT molecular complexity index is 295. The van der Waals surface area contributed by atoms with Crippen LogP contribution < -0.4 is 5.32 Å². The third-order valence-corrected chi connectivity index (χ3v) is 2.65. The monoisotopic (exact) mass is 303 g/mol. The molecule has 3 heteroatoms. The number of hydrogen-bond donors (Lipinski definition) is 1. The van der Waals surface area contributed by atoms with Gasteiger partial charge in [-0.2, -0.15) is 0 Å². The van der Waals surface area contributed by atoms with Crippen LogP contribution >= 0.6 is 22.6 Å². The molecule has 0 aliphatic heterocycles. The molecule has 1 amide bonds. The van der Waals surface area contributed by atoms with Gasteiger partial charge in [0, 0.05) is 16.5 Å². The summed E-state index contributed by atoms with van der Waals surface area (Å²) in [4.78, 5) is 11.2.